The van der Waals surface area contributed by atoms with Gasteiger partial charge in [0.25, 0.3) is 0 Å². The highest BCUT2D eigenvalue weighted by Gasteiger charge is 1.90. The molecule has 0 aliphatic carbocycles. The number of hydrogen-bond donors (Lipinski definition) is 0. The normalized spacial score (nSPS) is 9.18. The number of ether oxygens (including phenoxy) is 2. The molecule has 0 aliphatic heterocycles. The Morgan fingerprint density at radius 2 is 1.65 bits per heavy atom. The van der Waals surface area contributed by atoms with E-state index in [2.05, 4.69) is 11.7 Å². The van der Waals surface area contributed by atoms with E-state index in [1.54, 1.807) is 6.92 Å². The molecule has 0 saturated carbocycles. The first kappa shape index (κ1) is 18.5. The van der Waals surface area contributed by atoms with E-state index in [0.717, 1.165) is 12.8 Å². The lowest BCUT2D eigenvalue weighted by Gasteiger charge is -1.99. The Labute approximate surface area is 105 Å². The first-order valence-electron chi connectivity index (χ1n) is 6.25. The van der Waals surface area contributed by atoms with E-state index in [9.17, 15) is 9.59 Å². The Morgan fingerprint density at radius 3 is 2.06 bits per heavy atom. The predicted molar refractivity (Wildman–Crippen MR) is 67.9 cm³/mol. The van der Waals surface area contributed by atoms with Crippen molar-refractivity contribution >= 4 is 11.8 Å². The summed E-state index contributed by atoms with van der Waals surface area (Å²) in [5.41, 5.74) is 0. The topological polar surface area (TPSA) is 52.6 Å². The molecule has 0 saturated heterocycles. The Hall–Kier alpha value is -0.900. The van der Waals surface area contributed by atoms with Gasteiger partial charge in [-0.2, -0.15) is 0 Å². The quantitative estimate of drug-likeness (QED) is 0.488. The van der Waals surface area contributed by atoms with Crippen LogP contribution in [0.1, 0.15) is 53.4 Å². The van der Waals surface area contributed by atoms with E-state index < -0.39 is 0 Å². The zero-order valence-electron chi connectivity index (χ0n) is 11.6. The molecule has 0 aromatic rings. The SMILES string of the molecule is CCCCCC(C)=O.CCOCCOC(C)=O. The first-order valence-corrected chi connectivity index (χ1v) is 6.25. The van der Waals surface area contributed by atoms with Crippen LogP contribution >= 0.6 is 0 Å². The van der Waals surface area contributed by atoms with Crippen molar-refractivity contribution < 1.29 is 19.1 Å². The zero-order chi connectivity index (χ0) is 13.5. The summed E-state index contributed by atoms with van der Waals surface area (Å²) in [5.74, 6) is 0.0631. The Kier molecular flexibility index (Phi) is 16.4. The molecule has 0 spiro atoms. The minimum Gasteiger partial charge on any atom is -0.463 e. The molecule has 0 bridgehead atoms. The van der Waals surface area contributed by atoms with E-state index in [1.165, 1.54) is 19.8 Å². The molecule has 0 N–H and O–H groups in total. The van der Waals surface area contributed by atoms with Gasteiger partial charge in [-0.3, -0.25) is 4.79 Å². The van der Waals surface area contributed by atoms with Gasteiger partial charge in [-0.25, -0.2) is 0 Å². The van der Waals surface area contributed by atoms with Gasteiger partial charge in [0.2, 0.25) is 0 Å². The number of Topliss-reactive ketones (excluding diaryl/α,β-unsaturated/α-hetero) is 1. The summed E-state index contributed by atoms with van der Waals surface area (Å²) in [6.45, 7) is 8.59. The molecule has 4 heteroatoms. The third-order valence-electron chi connectivity index (χ3n) is 1.87. The maximum Gasteiger partial charge on any atom is 0.302 e. The molecule has 0 aromatic heterocycles. The van der Waals surface area contributed by atoms with Crippen molar-refractivity contribution in [2.45, 2.75) is 53.4 Å². The van der Waals surface area contributed by atoms with Crippen LogP contribution in [0.5, 0.6) is 0 Å². The van der Waals surface area contributed by atoms with Crippen molar-refractivity contribution in [3.8, 4) is 0 Å². The molecule has 0 atom stereocenters. The minimum absolute atomic E-state index is 0.255. The summed E-state index contributed by atoms with van der Waals surface area (Å²) in [5, 5.41) is 0. The van der Waals surface area contributed by atoms with Crippen molar-refractivity contribution in [1.82, 2.24) is 0 Å². The summed E-state index contributed by atoms with van der Waals surface area (Å²) in [6.07, 6.45) is 4.24. The van der Waals surface area contributed by atoms with Gasteiger partial charge in [-0.05, 0) is 20.3 Å². The average molecular weight is 246 g/mol. The fourth-order valence-electron chi connectivity index (χ4n) is 1.01. The van der Waals surface area contributed by atoms with Crippen molar-refractivity contribution in [2.75, 3.05) is 19.8 Å². The Balaban J connectivity index is 0. The molecule has 102 valence electrons. The molecule has 0 radical (unpaired) electrons. The van der Waals surface area contributed by atoms with Gasteiger partial charge in [0.05, 0.1) is 6.61 Å². The van der Waals surface area contributed by atoms with E-state index in [1.807, 2.05) is 6.92 Å². The zero-order valence-corrected chi connectivity index (χ0v) is 11.6. The highest BCUT2D eigenvalue weighted by molar-refractivity contribution is 5.75. The van der Waals surface area contributed by atoms with Crippen molar-refractivity contribution in [3.63, 3.8) is 0 Å². The molecule has 0 amide bonds. The summed E-state index contributed by atoms with van der Waals surface area (Å²) in [6, 6.07) is 0. The monoisotopic (exact) mass is 246 g/mol. The van der Waals surface area contributed by atoms with E-state index in [4.69, 9.17) is 4.74 Å². The molecule has 0 unspecified atom stereocenters. The third kappa shape index (κ3) is 25.4. The predicted octanol–water partition coefficient (Wildman–Crippen LogP) is 2.74. The smallest absolute Gasteiger partial charge is 0.302 e. The number of esters is 1. The van der Waals surface area contributed by atoms with Crippen molar-refractivity contribution in [1.29, 1.82) is 0 Å². The molecule has 0 rings (SSSR count). The molecule has 0 fully saturated rings. The molecule has 17 heavy (non-hydrogen) atoms. The van der Waals surface area contributed by atoms with Gasteiger partial charge in [-0.1, -0.05) is 19.8 Å². The van der Waals surface area contributed by atoms with E-state index >= 15 is 0 Å². The second kappa shape index (κ2) is 15.1. The van der Waals surface area contributed by atoms with Gasteiger partial charge in [0.1, 0.15) is 12.4 Å². The molecule has 0 heterocycles. The summed E-state index contributed by atoms with van der Waals surface area (Å²) < 4.78 is 9.49. The molecule has 0 aliphatic rings. The Bertz CT molecular complexity index is 190. The number of ketones is 1. The van der Waals surface area contributed by atoms with Gasteiger partial charge < -0.3 is 14.3 Å². The summed E-state index contributed by atoms with van der Waals surface area (Å²) in [4.78, 5) is 20.4. The van der Waals surface area contributed by atoms with Crippen LogP contribution in [0.3, 0.4) is 0 Å². The van der Waals surface area contributed by atoms with Gasteiger partial charge in [0.15, 0.2) is 0 Å². The van der Waals surface area contributed by atoms with Gasteiger partial charge in [0, 0.05) is 20.0 Å². The number of carbonyl (C=O) groups is 2. The van der Waals surface area contributed by atoms with Gasteiger partial charge in [-0.15, -0.1) is 0 Å². The van der Waals surface area contributed by atoms with Crippen LogP contribution in [-0.4, -0.2) is 31.6 Å². The summed E-state index contributed by atoms with van der Waals surface area (Å²) in [7, 11) is 0. The highest BCUT2D eigenvalue weighted by atomic mass is 16.6. The van der Waals surface area contributed by atoms with Crippen LogP contribution in [-0.2, 0) is 19.1 Å². The van der Waals surface area contributed by atoms with Crippen LogP contribution in [0.25, 0.3) is 0 Å². The average Bonchev–Trinajstić information content (AvgIpc) is 2.25. The van der Waals surface area contributed by atoms with Gasteiger partial charge >= 0.3 is 5.97 Å². The largest absolute Gasteiger partial charge is 0.463 e. The lowest BCUT2D eigenvalue weighted by molar-refractivity contribution is -0.142. The minimum atomic E-state index is -0.255. The number of rotatable bonds is 8. The fourth-order valence-corrected chi connectivity index (χ4v) is 1.01. The maximum atomic E-state index is 10.3. The fraction of sp³-hybridized carbons (Fsp3) is 0.846. The summed E-state index contributed by atoms with van der Waals surface area (Å²) >= 11 is 0. The van der Waals surface area contributed by atoms with Crippen LogP contribution in [0.2, 0.25) is 0 Å². The van der Waals surface area contributed by atoms with E-state index in [-0.39, 0.29) is 5.97 Å². The second-order valence-corrected chi connectivity index (χ2v) is 3.70. The highest BCUT2D eigenvalue weighted by Crippen LogP contribution is 1.98. The standard InChI is InChI=1S/C7H14O.C6H12O3/c1-3-4-5-6-7(2)8;1-3-8-4-5-9-6(2)7/h3-6H2,1-2H3;3-5H2,1-2H3. The van der Waals surface area contributed by atoms with Crippen molar-refractivity contribution in [3.05, 3.63) is 0 Å². The van der Waals surface area contributed by atoms with Crippen LogP contribution in [0, 0.1) is 0 Å². The molecule has 4 nitrogen and oxygen atoms in total. The van der Waals surface area contributed by atoms with Crippen LogP contribution in [0.15, 0.2) is 0 Å². The van der Waals surface area contributed by atoms with Crippen LogP contribution in [0.4, 0.5) is 0 Å². The second-order valence-electron chi connectivity index (χ2n) is 3.70. The lowest BCUT2D eigenvalue weighted by Crippen LogP contribution is -2.06. The lowest BCUT2D eigenvalue weighted by atomic mass is 10.2. The van der Waals surface area contributed by atoms with Crippen molar-refractivity contribution in [2.24, 2.45) is 0 Å². The number of unbranched alkanes of at least 4 members (excludes halogenated alkanes) is 2. The molecular formula is C13H26O4. The molecule has 0 aromatic carbocycles. The number of hydrogen-bond acceptors (Lipinski definition) is 4. The Morgan fingerprint density at radius 1 is 1.00 bits per heavy atom. The van der Waals surface area contributed by atoms with E-state index in [0.29, 0.717) is 25.6 Å². The first-order chi connectivity index (χ1) is 8.04. The van der Waals surface area contributed by atoms with Crippen LogP contribution < -0.4 is 0 Å². The maximum absolute atomic E-state index is 10.3. The molecular weight excluding hydrogens is 220 g/mol. The third-order valence-corrected chi connectivity index (χ3v) is 1.87. The number of carbonyl (C=O) groups excluding carboxylic acids is 2.